The van der Waals surface area contributed by atoms with Gasteiger partial charge >= 0.3 is 0 Å². The molecule has 2 aromatic carbocycles. The summed E-state index contributed by atoms with van der Waals surface area (Å²) in [6, 6.07) is 10.3. The Hall–Kier alpha value is -2.25. The minimum atomic E-state index is -1.14. The SMILES string of the molecule is CCc1nc2c(COc3ccc(F)cc3F)cccc2n1COCC[Si](C)(C)C. The average Bonchev–Trinajstić information content (AvgIpc) is 3.02. The van der Waals surface area contributed by atoms with E-state index in [-0.39, 0.29) is 12.4 Å². The van der Waals surface area contributed by atoms with Crippen molar-refractivity contribution in [3.63, 3.8) is 0 Å². The van der Waals surface area contributed by atoms with Gasteiger partial charge in [0, 0.05) is 32.7 Å². The fourth-order valence-electron chi connectivity index (χ4n) is 3.07. The molecule has 0 radical (unpaired) electrons. The first-order valence-corrected chi connectivity index (χ1v) is 13.6. The number of hydrogen-bond donors (Lipinski definition) is 0. The Morgan fingerprint density at radius 1 is 1.10 bits per heavy atom. The molecule has 0 saturated heterocycles. The Kier molecular flexibility index (Phi) is 6.69. The minimum Gasteiger partial charge on any atom is -0.486 e. The van der Waals surface area contributed by atoms with Crippen LogP contribution >= 0.6 is 0 Å². The summed E-state index contributed by atoms with van der Waals surface area (Å²) >= 11 is 0. The molecule has 0 amide bonds. The second-order valence-electron chi connectivity index (χ2n) is 8.31. The van der Waals surface area contributed by atoms with E-state index < -0.39 is 19.7 Å². The lowest BCUT2D eigenvalue weighted by Crippen LogP contribution is -2.22. The molecule has 7 heteroatoms. The van der Waals surface area contributed by atoms with Gasteiger partial charge in [-0.15, -0.1) is 0 Å². The summed E-state index contributed by atoms with van der Waals surface area (Å²) in [4.78, 5) is 4.77. The third-order valence-corrected chi connectivity index (χ3v) is 6.46. The standard InChI is InChI=1S/C22H28F2N2O2Si/c1-5-21-25-22-16(14-28-20-10-9-17(23)13-18(20)24)7-6-8-19(22)26(21)15-27-11-12-29(2,3)4/h6-10,13H,5,11-12,14-15H2,1-4H3. The number of benzene rings is 2. The highest BCUT2D eigenvalue weighted by Gasteiger charge is 2.15. The number of fused-ring (bicyclic) bond motifs is 1. The molecule has 0 N–H and O–H groups in total. The maximum absolute atomic E-state index is 13.8. The van der Waals surface area contributed by atoms with E-state index in [2.05, 4.69) is 31.1 Å². The number of ether oxygens (including phenoxy) is 2. The van der Waals surface area contributed by atoms with Gasteiger partial charge in [0.2, 0.25) is 0 Å². The quantitative estimate of drug-likeness (QED) is 0.327. The smallest absolute Gasteiger partial charge is 0.167 e. The van der Waals surface area contributed by atoms with Crippen LogP contribution in [0.15, 0.2) is 36.4 Å². The fourth-order valence-corrected chi connectivity index (χ4v) is 3.82. The zero-order valence-electron chi connectivity index (χ0n) is 17.5. The molecule has 3 rings (SSSR count). The predicted molar refractivity (Wildman–Crippen MR) is 114 cm³/mol. The van der Waals surface area contributed by atoms with Gasteiger partial charge in [-0.05, 0) is 24.2 Å². The van der Waals surface area contributed by atoms with E-state index in [1.807, 2.05) is 18.2 Å². The molecule has 1 aromatic heterocycles. The number of imidazole rings is 1. The number of halogens is 2. The molecule has 0 aliphatic carbocycles. The van der Waals surface area contributed by atoms with Crippen molar-refractivity contribution in [2.45, 2.75) is 52.4 Å². The Morgan fingerprint density at radius 3 is 2.59 bits per heavy atom. The van der Waals surface area contributed by atoms with Gasteiger partial charge in [-0.2, -0.15) is 0 Å². The first-order valence-electron chi connectivity index (χ1n) is 9.91. The van der Waals surface area contributed by atoms with Gasteiger partial charge in [0.25, 0.3) is 0 Å². The Bertz CT molecular complexity index is 983. The maximum Gasteiger partial charge on any atom is 0.167 e. The van der Waals surface area contributed by atoms with Gasteiger partial charge in [-0.25, -0.2) is 13.8 Å². The van der Waals surface area contributed by atoms with Crippen molar-refractivity contribution in [1.82, 2.24) is 9.55 Å². The van der Waals surface area contributed by atoms with Crippen LogP contribution in [-0.2, 0) is 24.5 Å². The van der Waals surface area contributed by atoms with Gasteiger partial charge in [0.05, 0.1) is 11.0 Å². The maximum atomic E-state index is 13.8. The first-order chi connectivity index (χ1) is 13.8. The summed E-state index contributed by atoms with van der Waals surface area (Å²) in [5.74, 6) is -0.383. The molecule has 0 aliphatic rings. The number of aryl methyl sites for hydroxylation is 1. The molecule has 156 valence electrons. The minimum absolute atomic E-state index is 0.0215. The highest BCUT2D eigenvalue weighted by molar-refractivity contribution is 6.76. The van der Waals surface area contributed by atoms with Crippen LogP contribution in [0.5, 0.6) is 5.75 Å². The number of para-hydroxylation sites is 1. The van der Waals surface area contributed by atoms with E-state index in [0.29, 0.717) is 6.73 Å². The molecule has 4 nitrogen and oxygen atoms in total. The van der Waals surface area contributed by atoms with Gasteiger partial charge in [-0.3, -0.25) is 0 Å². The van der Waals surface area contributed by atoms with Crippen LogP contribution in [0.1, 0.15) is 18.3 Å². The van der Waals surface area contributed by atoms with Crippen molar-refractivity contribution >= 4 is 19.1 Å². The van der Waals surface area contributed by atoms with Crippen molar-refractivity contribution in [3.05, 3.63) is 59.4 Å². The summed E-state index contributed by atoms with van der Waals surface area (Å²) in [7, 11) is -1.14. The zero-order chi connectivity index (χ0) is 21.0. The second kappa shape index (κ2) is 9.05. The monoisotopic (exact) mass is 418 g/mol. The van der Waals surface area contributed by atoms with Gasteiger partial charge in [-0.1, -0.05) is 38.7 Å². The Labute approximate surface area is 171 Å². The van der Waals surface area contributed by atoms with E-state index in [0.717, 1.165) is 47.6 Å². The molecule has 1 heterocycles. The highest BCUT2D eigenvalue weighted by atomic mass is 28.3. The van der Waals surface area contributed by atoms with Crippen LogP contribution in [0.3, 0.4) is 0 Å². The number of rotatable bonds is 9. The van der Waals surface area contributed by atoms with E-state index in [9.17, 15) is 8.78 Å². The average molecular weight is 419 g/mol. The number of nitrogens with zero attached hydrogens (tertiary/aromatic N) is 2. The van der Waals surface area contributed by atoms with Gasteiger partial charge in [0.15, 0.2) is 11.6 Å². The van der Waals surface area contributed by atoms with Crippen LogP contribution in [0.25, 0.3) is 11.0 Å². The molecule has 0 unspecified atom stereocenters. The van der Waals surface area contributed by atoms with Crippen molar-refractivity contribution in [3.8, 4) is 5.75 Å². The summed E-state index contributed by atoms with van der Waals surface area (Å²) in [6.07, 6.45) is 0.777. The molecule has 0 fully saturated rings. The highest BCUT2D eigenvalue weighted by Crippen LogP contribution is 2.24. The van der Waals surface area contributed by atoms with Gasteiger partial charge < -0.3 is 14.0 Å². The lowest BCUT2D eigenvalue weighted by atomic mass is 10.2. The lowest BCUT2D eigenvalue weighted by molar-refractivity contribution is 0.0880. The number of aromatic nitrogens is 2. The normalized spacial score (nSPS) is 11.9. The van der Waals surface area contributed by atoms with E-state index in [1.165, 1.54) is 12.1 Å². The van der Waals surface area contributed by atoms with Crippen LogP contribution in [0.2, 0.25) is 25.7 Å². The lowest BCUT2D eigenvalue weighted by Gasteiger charge is -2.16. The van der Waals surface area contributed by atoms with Crippen molar-refractivity contribution < 1.29 is 18.3 Å². The Morgan fingerprint density at radius 2 is 1.90 bits per heavy atom. The zero-order valence-corrected chi connectivity index (χ0v) is 18.5. The second-order valence-corrected chi connectivity index (χ2v) is 13.9. The van der Waals surface area contributed by atoms with E-state index in [1.54, 1.807) is 0 Å². The third kappa shape index (κ3) is 5.42. The Balaban J connectivity index is 1.78. The molecule has 0 saturated carbocycles. The van der Waals surface area contributed by atoms with Crippen LogP contribution in [0, 0.1) is 11.6 Å². The molecule has 0 atom stereocenters. The first kappa shape index (κ1) is 21.5. The molecule has 0 spiro atoms. The van der Waals surface area contributed by atoms with E-state index >= 15 is 0 Å². The summed E-state index contributed by atoms with van der Waals surface area (Å²) < 4.78 is 40.5. The van der Waals surface area contributed by atoms with Crippen molar-refractivity contribution in [2.24, 2.45) is 0 Å². The van der Waals surface area contributed by atoms with Crippen molar-refractivity contribution in [1.29, 1.82) is 0 Å². The molecule has 29 heavy (non-hydrogen) atoms. The fraction of sp³-hybridized carbons (Fsp3) is 0.409. The molecular weight excluding hydrogens is 390 g/mol. The van der Waals surface area contributed by atoms with Crippen LogP contribution in [-0.4, -0.2) is 24.2 Å². The van der Waals surface area contributed by atoms with Gasteiger partial charge in [0.1, 0.15) is 25.0 Å². The summed E-state index contributed by atoms with van der Waals surface area (Å²) in [5, 5.41) is 0. The van der Waals surface area contributed by atoms with Crippen molar-refractivity contribution in [2.75, 3.05) is 6.61 Å². The van der Waals surface area contributed by atoms with Crippen LogP contribution < -0.4 is 4.74 Å². The van der Waals surface area contributed by atoms with Crippen LogP contribution in [0.4, 0.5) is 8.78 Å². The summed E-state index contributed by atoms with van der Waals surface area (Å²) in [5.41, 5.74) is 2.64. The molecule has 0 bridgehead atoms. The topological polar surface area (TPSA) is 36.3 Å². The molecule has 3 aromatic rings. The third-order valence-electron chi connectivity index (χ3n) is 4.75. The summed E-state index contributed by atoms with van der Waals surface area (Å²) in [6.45, 7) is 10.4. The molecular formula is C22H28F2N2O2Si. The molecule has 0 aliphatic heterocycles. The van der Waals surface area contributed by atoms with E-state index in [4.69, 9.17) is 14.5 Å². The number of hydrogen-bond acceptors (Lipinski definition) is 3. The largest absolute Gasteiger partial charge is 0.486 e. The predicted octanol–water partition coefficient (Wildman–Crippen LogP) is 5.77.